The first-order valence-corrected chi connectivity index (χ1v) is 10.8. The quantitative estimate of drug-likeness (QED) is 0.763. The number of aliphatic hydroxyl groups is 1. The van der Waals surface area contributed by atoms with E-state index in [1.165, 1.54) is 12.3 Å². The van der Waals surface area contributed by atoms with Crippen LogP contribution < -0.4 is 5.32 Å². The van der Waals surface area contributed by atoms with Crippen LogP contribution in [0.4, 0.5) is 14.9 Å². The number of urea groups is 1. The number of nitrogens with zero attached hydrogens (tertiary/aromatic N) is 3. The Hall–Kier alpha value is -3.04. The molecule has 0 bridgehead atoms. The van der Waals surface area contributed by atoms with Gasteiger partial charge in [0.25, 0.3) is 5.91 Å². The fraction of sp³-hybridized carbons (Fsp3) is 0.435. The van der Waals surface area contributed by atoms with Crippen LogP contribution in [0.1, 0.15) is 35.6 Å². The van der Waals surface area contributed by atoms with Crippen LogP contribution in [-0.2, 0) is 22.6 Å². The molecule has 3 aliphatic heterocycles. The second kappa shape index (κ2) is 8.14. The Bertz CT molecular complexity index is 1030. The molecular formula is C23H25FN4O4. The van der Waals surface area contributed by atoms with Crippen molar-refractivity contribution in [3.05, 3.63) is 59.2 Å². The average Bonchev–Trinajstić information content (AvgIpc) is 3.21. The Morgan fingerprint density at radius 3 is 2.50 bits per heavy atom. The van der Waals surface area contributed by atoms with E-state index in [2.05, 4.69) is 10.3 Å². The van der Waals surface area contributed by atoms with Crippen LogP contribution in [0, 0.1) is 5.82 Å². The molecule has 0 radical (unpaired) electrons. The fourth-order valence-corrected chi connectivity index (χ4v) is 4.54. The highest BCUT2D eigenvalue weighted by Gasteiger charge is 2.46. The zero-order valence-corrected chi connectivity index (χ0v) is 17.6. The summed E-state index contributed by atoms with van der Waals surface area (Å²) in [5, 5.41) is 13.1. The zero-order valence-electron chi connectivity index (χ0n) is 17.6. The van der Waals surface area contributed by atoms with E-state index in [1.54, 1.807) is 9.80 Å². The van der Waals surface area contributed by atoms with E-state index in [0.29, 0.717) is 37.8 Å². The Morgan fingerprint density at radius 1 is 1.12 bits per heavy atom. The first kappa shape index (κ1) is 20.8. The maximum atomic E-state index is 13.3. The number of benzene rings is 1. The number of piperidine rings is 1. The second-order valence-electron chi connectivity index (χ2n) is 8.76. The molecule has 3 aliphatic rings. The smallest absolute Gasteiger partial charge is 0.322 e. The van der Waals surface area contributed by atoms with E-state index in [-0.39, 0.29) is 25.2 Å². The molecule has 2 aromatic rings. The van der Waals surface area contributed by atoms with Crippen molar-refractivity contribution in [2.45, 2.75) is 37.5 Å². The van der Waals surface area contributed by atoms with Crippen LogP contribution in [0.25, 0.3) is 0 Å². The lowest BCUT2D eigenvalue weighted by atomic mass is 9.88. The standard InChI is InChI=1S/C23H25FN4O4/c24-18-9-17-11-28(12-20(17)25-10-18)22(30)26-19-3-1-15(2-4-19)16-5-7-27(8-6-16)21(29)23(31)13-32-14-23/h1-4,9-10,16,31H,5-8,11-14H2,(H,26,30). The van der Waals surface area contributed by atoms with Crippen molar-refractivity contribution >= 4 is 17.6 Å². The van der Waals surface area contributed by atoms with Crippen molar-refractivity contribution in [2.75, 3.05) is 31.6 Å². The predicted molar refractivity (Wildman–Crippen MR) is 113 cm³/mol. The molecule has 0 aliphatic carbocycles. The van der Waals surface area contributed by atoms with E-state index >= 15 is 0 Å². The molecule has 5 rings (SSSR count). The summed E-state index contributed by atoms with van der Waals surface area (Å²) in [6.07, 6.45) is 2.82. The molecule has 168 valence electrons. The van der Waals surface area contributed by atoms with Gasteiger partial charge in [-0.2, -0.15) is 0 Å². The minimum Gasteiger partial charge on any atom is -0.376 e. The number of rotatable bonds is 3. The van der Waals surface area contributed by atoms with Gasteiger partial charge >= 0.3 is 6.03 Å². The molecule has 9 heteroatoms. The SMILES string of the molecule is O=C(Nc1ccc(C2CCN(C(=O)C3(O)COC3)CC2)cc1)N1Cc2cc(F)cnc2C1. The van der Waals surface area contributed by atoms with Crippen LogP contribution >= 0.6 is 0 Å². The minimum atomic E-state index is -1.34. The number of amides is 3. The van der Waals surface area contributed by atoms with E-state index in [0.717, 1.165) is 29.7 Å². The topological polar surface area (TPSA) is 95.0 Å². The molecule has 1 aromatic heterocycles. The van der Waals surface area contributed by atoms with Gasteiger partial charge in [-0.1, -0.05) is 12.1 Å². The molecule has 32 heavy (non-hydrogen) atoms. The third kappa shape index (κ3) is 3.93. The summed E-state index contributed by atoms with van der Waals surface area (Å²) >= 11 is 0. The molecule has 2 fully saturated rings. The van der Waals surface area contributed by atoms with Crippen LogP contribution in [-0.4, -0.2) is 63.7 Å². The summed E-state index contributed by atoms with van der Waals surface area (Å²) in [5.41, 5.74) is 1.96. The summed E-state index contributed by atoms with van der Waals surface area (Å²) < 4.78 is 18.3. The first-order valence-electron chi connectivity index (χ1n) is 10.8. The third-order valence-electron chi connectivity index (χ3n) is 6.51. The number of pyridine rings is 1. The molecule has 4 heterocycles. The lowest BCUT2D eigenvalue weighted by molar-refractivity contribution is -0.200. The summed E-state index contributed by atoms with van der Waals surface area (Å²) in [4.78, 5) is 32.4. The van der Waals surface area contributed by atoms with Gasteiger partial charge in [0.1, 0.15) is 5.82 Å². The fourth-order valence-electron chi connectivity index (χ4n) is 4.54. The van der Waals surface area contributed by atoms with Gasteiger partial charge < -0.3 is 25.0 Å². The van der Waals surface area contributed by atoms with E-state index in [4.69, 9.17) is 4.74 Å². The number of aromatic nitrogens is 1. The molecule has 2 N–H and O–H groups in total. The van der Waals surface area contributed by atoms with Gasteiger partial charge in [0.15, 0.2) is 5.60 Å². The lowest BCUT2D eigenvalue weighted by Crippen LogP contribution is -2.62. The molecular weight excluding hydrogens is 415 g/mol. The highest BCUT2D eigenvalue weighted by Crippen LogP contribution is 2.31. The Morgan fingerprint density at radius 2 is 1.84 bits per heavy atom. The van der Waals surface area contributed by atoms with Crippen molar-refractivity contribution in [2.24, 2.45) is 0 Å². The Balaban J connectivity index is 1.14. The van der Waals surface area contributed by atoms with Gasteiger partial charge in [-0.15, -0.1) is 0 Å². The number of hydrogen-bond donors (Lipinski definition) is 2. The molecule has 0 atom stereocenters. The number of halogens is 1. The largest absolute Gasteiger partial charge is 0.376 e. The zero-order chi connectivity index (χ0) is 22.3. The van der Waals surface area contributed by atoms with Crippen LogP contribution in [0.3, 0.4) is 0 Å². The maximum Gasteiger partial charge on any atom is 0.322 e. The van der Waals surface area contributed by atoms with Crippen molar-refractivity contribution in [1.29, 1.82) is 0 Å². The molecule has 3 amide bonds. The van der Waals surface area contributed by atoms with Crippen molar-refractivity contribution in [1.82, 2.24) is 14.8 Å². The monoisotopic (exact) mass is 440 g/mol. The Labute approximate surface area is 185 Å². The molecule has 0 saturated carbocycles. The molecule has 2 saturated heterocycles. The predicted octanol–water partition coefficient (Wildman–Crippen LogP) is 2.24. The number of nitrogens with one attached hydrogen (secondary N) is 1. The number of fused-ring (bicyclic) bond motifs is 1. The van der Waals surface area contributed by atoms with Gasteiger partial charge in [-0.3, -0.25) is 9.78 Å². The highest BCUT2D eigenvalue weighted by atomic mass is 19.1. The molecule has 0 spiro atoms. The van der Waals surface area contributed by atoms with E-state index < -0.39 is 11.4 Å². The molecule has 1 aromatic carbocycles. The second-order valence-corrected chi connectivity index (χ2v) is 8.76. The summed E-state index contributed by atoms with van der Waals surface area (Å²) in [6, 6.07) is 8.92. The normalized spacial score (nSPS) is 19.9. The van der Waals surface area contributed by atoms with E-state index in [1.807, 2.05) is 24.3 Å². The van der Waals surface area contributed by atoms with Gasteiger partial charge in [-0.25, -0.2) is 9.18 Å². The summed E-state index contributed by atoms with van der Waals surface area (Å²) in [5.74, 6) is -0.308. The van der Waals surface area contributed by atoms with Crippen LogP contribution in [0.5, 0.6) is 0 Å². The van der Waals surface area contributed by atoms with Crippen LogP contribution in [0.15, 0.2) is 36.5 Å². The lowest BCUT2D eigenvalue weighted by Gasteiger charge is -2.41. The van der Waals surface area contributed by atoms with Crippen molar-refractivity contribution in [3.8, 4) is 0 Å². The Kier molecular flexibility index (Phi) is 5.30. The van der Waals surface area contributed by atoms with Crippen molar-refractivity contribution < 1.29 is 23.8 Å². The minimum absolute atomic E-state index is 0.0792. The number of carbonyl (C=O) groups is 2. The molecule has 8 nitrogen and oxygen atoms in total. The van der Waals surface area contributed by atoms with Gasteiger partial charge in [0.05, 0.1) is 31.6 Å². The number of hydrogen-bond acceptors (Lipinski definition) is 5. The third-order valence-corrected chi connectivity index (χ3v) is 6.51. The average molecular weight is 440 g/mol. The number of carbonyl (C=O) groups excluding carboxylic acids is 2. The van der Waals surface area contributed by atoms with Gasteiger partial charge in [0, 0.05) is 25.3 Å². The summed E-state index contributed by atoms with van der Waals surface area (Å²) in [7, 11) is 0. The van der Waals surface area contributed by atoms with Crippen molar-refractivity contribution in [3.63, 3.8) is 0 Å². The highest BCUT2D eigenvalue weighted by molar-refractivity contribution is 5.89. The summed E-state index contributed by atoms with van der Waals surface area (Å²) in [6.45, 7) is 2.06. The first-order chi connectivity index (χ1) is 15.4. The maximum absolute atomic E-state index is 13.3. The van der Waals surface area contributed by atoms with Crippen LogP contribution in [0.2, 0.25) is 0 Å². The van der Waals surface area contributed by atoms with Gasteiger partial charge in [0.2, 0.25) is 0 Å². The number of anilines is 1. The van der Waals surface area contributed by atoms with Gasteiger partial charge in [-0.05, 0) is 48.1 Å². The van der Waals surface area contributed by atoms with E-state index in [9.17, 15) is 19.1 Å². The molecule has 0 unspecified atom stereocenters. The number of likely N-dealkylation sites (tertiary alicyclic amines) is 1. The number of ether oxygens (including phenoxy) is 1.